The minimum absolute atomic E-state index is 0.0150. The molecule has 2 rings (SSSR count). The molecule has 8 nitrogen and oxygen atoms in total. The Morgan fingerprint density at radius 1 is 1.48 bits per heavy atom. The van der Waals surface area contributed by atoms with E-state index in [1.807, 2.05) is 6.92 Å². The van der Waals surface area contributed by atoms with Gasteiger partial charge in [0.15, 0.2) is 0 Å². The third-order valence-corrected chi connectivity index (χ3v) is 2.91. The monoisotopic (exact) mass is 292 g/mol. The first-order valence-electron chi connectivity index (χ1n) is 6.41. The third-order valence-electron chi connectivity index (χ3n) is 2.91. The first kappa shape index (κ1) is 14.8. The Balaban J connectivity index is 2.09. The van der Waals surface area contributed by atoms with E-state index < -0.39 is 5.97 Å². The summed E-state index contributed by atoms with van der Waals surface area (Å²) < 4.78 is 10.9. The van der Waals surface area contributed by atoms with Gasteiger partial charge in [0.05, 0.1) is 24.7 Å². The van der Waals surface area contributed by atoms with E-state index >= 15 is 0 Å². The van der Waals surface area contributed by atoms with E-state index in [0.29, 0.717) is 29.1 Å². The molecule has 0 radical (unpaired) electrons. The van der Waals surface area contributed by atoms with Crippen molar-refractivity contribution in [3.63, 3.8) is 0 Å². The molecule has 112 valence electrons. The standard InChI is InChI=1S/C13H16N4O4/c1-4-10-12(8(2)21-16-10)13(19)15-9-5-14-17(6-9)7-11(18)20-3/h5-6H,4,7H2,1-3H3,(H,15,19). The van der Waals surface area contributed by atoms with E-state index in [2.05, 4.69) is 20.3 Å². The zero-order valence-corrected chi connectivity index (χ0v) is 12.0. The highest BCUT2D eigenvalue weighted by Gasteiger charge is 2.19. The number of rotatable bonds is 5. The van der Waals surface area contributed by atoms with Gasteiger partial charge in [0.2, 0.25) is 0 Å². The molecule has 2 heterocycles. The normalized spacial score (nSPS) is 10.4. The molecule has 0 spiro atoms. The van der Waals surface area contributed by atoms with Crippen LogP contribution in [-0.2, 0) is 22.5 Å². The van der Waals surface area contributed by atoms with Gasteiger partial charge < -0.3 is 14.6 Å². The summed E-state index contributed by atoms with van der Waals surface area (Å²) in [4.78, 5) is 23.4. The quantitative estimate of drug-likeness (QED) is 0.830. The maximum atomic E-state index is 12.2. The van der Waals surface area contributed by atoms with E-state index in [1.165, 1.54) is 18.0 Å². The Labute approximate surface area is 121 Å². The number of hydrogen-bond acceptors (Lipinski definition) is 6. The van der Waals surface area contributed by atoms with Crippen molar-refractivity contribution < 1.29 is 18.8 Å². The molecule has 0 unspecified atom stereocenters. The molecular formula is C13H16N4O4. The molecule has 0 aliphatic carbocycles. The predicted octanol–water partition coefficient (Wildman–Crippen LogP) is 1.17. The van der Waals surface area contributed by atoms with Crippen LogP contribution in [0.1, 0.15) is 28.7 Å². The number of esters is 1. The number of anilines is 1. The minimum Gasteiger partial charge on any atom is -0.468 e. The number of carbonyl (C=O) groups excluding carboxylic acids is 2. The van der Waals surface area contributed by atoms with Crippen LogP contribution in [0.25, 0.3) is 0 Å². The summed E-state index contributed by atoms with van der Waals surface area (Å²) in [5.74, 6) is -0.270. The van der Waals surface area contributed by atoms with Gasteiger partial charge in [-0.25, -0.2) is 0 Å². The average molecular weight is 292 g/mol. The van der Waals surface area contributed by atoms with Crippen LogP contribution in [0.4, 0.5) is 5.69 Å². The van der Waals surface area contributed by atoms with Crippen LogP contribution in [0, 0.1) is 6.92 Å². The summed E-state index contributed by atoms with van der Waals surface area (Å²) in [5, 5.41) is 10.5. The van der Waals surface area contributed by atoms with Gasteiger partial charge in [-0.15, -0.1) is 0 Å². The van der Waals surface area contributed by atoms with Crippen molar-refractivity contribution in [3.8, 4) is 0 Å². The molecule has 0 aliphatic rings. The summed E-state index contributed by atoms with van der Waals surface area (Å²) in [6.45, 7) is 3.56. The lowest BCUT2D eigenvalue weighted by atomic mass is 10.1. The number of aromatic nitrogens is 3. The molecule has 2 aromatic heterocycles. The predicted molar refractivity (Wildman–Crippen MR) is 72.8 cm³/mol. The van der Waals surface area contributed by atoms with E-state index in [1.54, 1.807) is 13.1 Å². The third kappa shape index (κ3) is 3.28. The number of ether oxygens (including phenoxy) is 1. The van der Waals surface area contributed by atoms with Gasteiger partial charge in [-0.05, 0) is 13.3 Å². The summed E-state index contributed by atoms with van der Waals surface area (Å²) in [7, 11) is 1.30. The molecule has 0 aromatic carbocycles. The van der Waals surface area contributed by atoms with E-state index in [-0.39, 0.29) is 12.5 Å². The van der Waals surface area contributed by atoms with Crippen LogP contribution >= 0.6 is 0 Å². The first-order valence-corrected chi connectivity index (χ1v) is 6.41. The fraction of sp³-hybridized carbons (Fsp3) is 0.385. The van der Waals surface area contributed by atoms with Crippen LogP contribution in [0.3, 0.4) is 0 Å². The van der Waals surface area contributed by atoms with Gasteiger partial charge in [-0.2, -0.15) is 5.10 Å². The molecule has 8 heteroatoms. The maximum Gasteiger partial charge on any atom is 0.327 e. The molecule has 1 N–H and O–H groups in total. The molecule has 0 saturated heterocycles. The summed E-state index contributed by atoms with van der Waals surface area (Å²) in [6, 6.07) is 0. The lowest BCUT2D eigenvalue weighted by Crippen LogP contribution is -2.14. The highest BCUT2D eigenvalue weighted by Crippen LogP contribution is 2.16. The first-order chi connectivity index (χ1) is 10.0. The number of hydrogen-bond donors (Lipinski definition) is 1. The molecule has 0 fully saturated rings. The Hall–Kier alpha value is -2.64. The number of aryl methyl sites for hydroxylation is 2. The van der Waals surface area contributed by atoms with Gasteiger partial charge in [-0.1, -0.05) is 12.1 Å². The topological polar surface area (TPSA) is 99.3 Å². The second kappa shape index (κ2) is 6.21. The number of nitrogens with zero attached hydrogens (tertiary/aromatic N) is 3. The van der Waals surface area contributed by atoms with Crippen LogP contribution in [0.15, 0.2) is 16.9 Å². The van der Waals surface area contributed by atoms with Gasteiger partial charge in [-0.3, -0.25) is 14.3 Å². The van der Waals surface area contributed by atoms with Crippen molar-refractivity contribution in [1.29, 1.82) is 0 Å². The van der Waals surface area contributed by atoms with E-state index in [0.717, 1.165) is 0 Å². The van der Waals surface area contributed by atoms with Crippen molar-refractivity contribution in [1.82, 2.24) is 14.9 Å². The van der Waals surface area contributed by atoms with Gasteiger partial charge >= 0.3 is 5.97 Å². The second-order valence-electron chi connectivity index (χ2n) is 4.37. The Bertz CT molecular complexity index is 659. The lowest BCUT2D eigenvalue weighted by molar-refractivity contribution is -0.141. The molecule has 0 saturated carbocycles. The molecular weight excluding hydrogens is 276 g/mol. The fourth-order valence-electron chi connectivity index (χ4n) is 1.86. The van der Waals surface area contributed by atoms with Gasteiger partial charge in [0.1, 0.15) is 17.9 Å². The second-order valence-corrected chi connectivity index (χ2v) is 4.37. The van der Waals surface area contributed by atoms with E-state index in [4.69, 9.17) is 4.52 Å². The molecule has 0 aliphatic heterocycles. The summed E-state index contributed by atoms with van der Waals surface area (Å²) in [6.07, 6.45) is 3.60. The molecule has 0 atom stereocenters. The van der Waals surface area contributed by atoms with Crippen molar-refractivity contribution >= 4 is 17.6 Å². The number of carbonyl (C=O) groups is 2. The van der Waals surface area contributed by atoms with E-state index in [9.17, 15) is 9.59 Å². The van der Waals surface area contributed by atoms with Gasteiger partial charge in [0, 0.05) is 6.20 Å². The highest BCUT2D eigenvalue weighted by molar-refractivity contribution is 6.05. The smallest absolute Gasteiger partial charge is 0.327 e. The minimum atomic E-state index is -0.417. The van der Waals surface area contributed by atoms with Crippen molar-refractivity contribution in [2.75, 3.05) is 12.4 Å². The SMILES string of the molecule is CCc1noc(C)c1C(=O)Nc1cnn(CC(=O)OC)c1. The number of amides is 1. The van der Waals surface area contributed by atoms with Crippen LogP contribution in [0.2, 0.25) is 0 Å². The van der Waals surface area contributed by atoms with Crippen molar-refractivity contribution in [2.45, 2.75) is 26.8 Å². The summed E-state index contributed by atoms with van der Waals surface area (Å²) >= 11 is 0. The lowest BCUT2D eigenvalue weighted by Gasteiger charge is -2.02. The fourth-order valence-corrected chi connectivity index (χ4v) is 1.86. The Kier molecular flexibility index (Phi) is 4.36. The zero-order valence-electron chi connectivity index (χ0n) is 12.0. The largest absolute Gasteiger partial charge is 0.468 e. The van der Waals surface area contributed by atoms with Crippen LogP contribution < -0.4 is 5.32 Å². The van der Waals surface area contributed by atoms with Crippen molar-refractivity contribution in [3.05, 3.63) is 29.4 Å². The molecule has 21 heavy (non-hydrogen) atoms. The van der Waals surface area contributed by atoms with Crippen LogP contribution in [-0.4, -0.2) is 33.9 Å². The van der Waals surface area contributed by atoms with Crippen molar-refractivity contribution in [2.24, 2.45) is 0 Å². The molecule has 1 amide bonds. The Morgan fingerprint density at radius 2 is 2.24 bits per heavy atom. The Morgan fingerprint density at radius 3 is 2.90 bits per heavy atom. The molecule has 0 bridgehead atoms. The average Bonchev–Trinajstić information content (AvgIpc) is 3.05. The van der Waals surface area contributed by atoms with Gasteiger partial charge in [0.25, 0.3) is 5.91 Å². The number of methoxy groups -OCH3 is 1. The highest BCUT2D eigenvalue weighted by atomic mass is 16.5. The number of nitrogens with one attached hydrogen (secondary N) is 1. The zero-order chi connectivity index (χ0) is 15.4. The summed E-state index contributed by atoms with van der Waals surface area (Å²) in [5.41, 5.74) is 1.51. The molecule has 2 aromatic rings. The maximum absolute atomic E-state index is 12.2. The van der Waals surface area contributed by atoms with Crippen LogP contribution in [0.5, 0.6) is 0 Å².